The van der Waals surface area contributed by atoms with Gasteiger partial charge in [-0.25, -0.2) is 0 Å². The summed E-state index contributed by atoms with van der Waals surface area (Å²) >= 11 is 12.5. The maximum Gasteiger partial charge on any atom is 0.311 e. The standard InChI is InChI=1S/C34H37Cl2NO5/c1-20-16-21(2)33(29(17-20)42-32(41)15-14-31(39)40)34(3,4)19-30(38)37(5)28-13-11-23(24-8-6-7-9-25(24)28)22-10-12-26(35)27(36)18-22/h6-10,12,16-18,23,28H,11,13-15,19H2,1-5H3,(H,39,40)/t23-,28-/m0/s1. The number of nitrogens with zero attached hydrogens (tertiary/aromatic N) is 1. The van der Waals surface area contributed by atoms with Crippen LogP contribution in [0, 0.1) is 13.8 Å². The Bertz CT molecular complexity index is 1520. The summed E-state index contributed by atoms with van der Waals surface area (Å²) in [5.74, 6) is -1.17. The number of carboxylic acid groups (broad SMARTS) is 1. The largest absolute Gasteiger partial charge is 0.481 e. The molecule has 0 aliphatic heterocycles. The number of halogens is 2. The molecule has 3 aromatic carbocycles. The zero-order chi connectivity index (χ0) is 30.8. The molecule has 1 N–H and O–H groups in total. The van der Waals surface area contributed by atoms with Crippen LogP contribution in [0.5, 0.6) is 5.75 Å². The van der Waals surface area contributed by atoms with Crippen molar-refractivity contribution in [2.24, 2.45) is 0 Å². The van der Waals surface area contributed by atoms with Gasteiger partial charge >= 0.3 is 11.9 Å². The molecule has 1 aliphatic carbocycles. The molecule has 0 bridgehead atoms. The number of esters is 1. The molecule has 0 aromatic heterocycles. The Balaban J connectivity index is 1.58. The molecule has 0 fully saturated rings. The van der Waals surface area contributed by atoms with Crippen LogP contribution in [-0.2, 0) is 19.8 Å². The first-order valence-electron chi connectivity index (χ1n) is 14.1. The van der Waals surface area contributed by atoms with Crippen LogP contribution < -0.4 is 4.74 Å². The molecule has 0 radical (unpaired) electrons. The Morgan fingerprint density at radius 2 is 1.64 bits per heavy atom. The molecule has 0 heterocycles. The number of carbonyl (C=O) groups excluding carboxylic acids is 2. The lowest BCUT2D eigenvalue weighted by atomic mass is 9.75. The van der Waals surface area contributed by atoms with E-state index >= 15 is 0 Å². The summed E-state index contributed by atoms with van der Waals surface area (Å²) in [5, 5.41) is 10.0. The van der Waals surface area contributed by atoms with Gasteiger partial charge in [-0.2, -0.15) is 0 Å². The van der Waals surface area contributed by atoms with Crippen LogP contribution in [-0.4, -0.2) is 34.9 Å². The highest BCUT2D eigenvalue weighted by atomic mass is 35.5. The third kappa shape index (κ3) is 6.99. The molecule has 6 nitrogen and oxygen atoms in total. The van der Waals surface area contributed by atoms with Crippen molar-refractivity contribution in [1.82, 2.24) is 4.90 Å². The van der Waals surface area contributed by atoms with Crippen LogP contribution in [0.25, 0.3) is 0 Å². The van der Waals surface area contributed by atoms with Crippen LogP contribution in [0.4, 0.5) is 0 Å². The van der Waals surface area contributed by atoms with Gasteiger partial charge in [0.25, 0.3) is 0 Å². The summed E-state index contributed by atoms with van der Waals surface area (Å²) in [6, 6.07) is 17.7. The minimum atomic E-state index is -1.06. The molecule has 3 aromatic rings. The van der Waals surface area contributed by atoms with Gasteiger partial charge in [0.05, 0.1) is 28.9 Å². The number of rotatable bonds is 9. The van der Waals surface area contributed by atoms with Crippen molar-refractivity contribution >= 4 is 41.0 Å². The predicted molar refractivity (Wildman–Crippen MR) is 166 cm³/mol. The highest BCUT2D eigenvalue weighted by molar-refractivity contribution is 6.42. The van der Waals surface area contributed by atoms with Crippen LogP contribution in [0.15, 0.2) is 54.6 Å². The molecular formula is C34H37Cl2NO5. The first kappa shape index (κ1) is 31.6. The fourth-order valence-corrected chi connectivity index (χ4v) is 6.58. The molecule has 0 spiro atoms. The molecule has 1 aliphatic rings. The van der Waals surface area contributed by atoms with Gasteiger partial charge in [0.2, 0.25) is 5.91 Å². The molecule has 222 valence electrons. The first-order valence-corrected chi connectivity index (χ1v) is 14.9. The third-order valence-corrected chi connectivity index (χ3v) is 8.89. The van der Waals surface area contributed by atoms with Gasteiger partial charge in [-0.1, -0.05) is 73.4 Å². The molecule has 1 amide bonds. The van der Waals surface area contributed by atoms with Gasteiger partial charge in [0.1, 0.15) is 5.75 Å². The van der Waals surface area contributed by atoms with E-state index in [0.717, 1.165) is 40.7 Å². The quantitative estimate of drug-likeness (QED) is 0.195. The van der Waals surface area contributed by atoms with E-state index in [1.807, 2.05) is 76.0 Å². The number of amides is 1. The van der Waals surface area contributed by atoms with Gasteiger partial charge in [-0.05, 0) is 72.7 Å². The van der Waals surface area contributed by atoms with Gasteiger partial charge in [-0.3, -0.25) is 14.4 Å². The second-order valence-corrected chi connectivity index (χ2v) is 12.7. The SMILES string of the molecule is Cc1cc(C)c(C(C)(C)CC(=O)N(C)[C@H]2CC[C@@H](c3ccc(Cl)c(Cl)c3)c3ccccc32)c(OC(=O)CCC(=O)O)c1. The summed E-state index contributed by atoms with van der Waals surface area (Å²) < 4.78 is 5.67. The highest BCUT2D eigenvalue weighted by Gasteiger charge is 2.36. The molecule has 0 unspecified atom stereocenters. The fourth-order valence-electron chi connectivity index (χ4n) is 6.27. The third-order valence-electron chi connectivity index (χ3n) is 8.15. The van der Waals surface area contributed by atoms with Gasteiger partial charge in [0.15, 0.2) is 0 Å². The van der Waals surface area contributed by atoms with Crippen molar-refractivity contribution in [3.05, 3.63) is 98.0 Å². The van der Waals surface area contributed by atoms with E-state index in [0.29, 0.717) is 15.8 Å². The number of fused-ring (bicyclic) bond motifs is 1. The zero-order valence-electron chi connectivity index (χ0n) is 24.7. The van der Waals surface area contributed by atoms with Crippen LogP contribution >= 0.6 is 23.2 Å². The van der Waals surface area contributed by atoms with E-state index < -0.39 is 17.4 Å². The Labute approximate surface area is 257 Å². The molecule has 42 heavy (non-hydrogen) atoms. The maximum absolute atomic E-state index is 13.9. The lowest BCUT2D eigenvalue weighted by Crippen LogP contribution is -2.37. The van der Waals surface area contributed by atoms with Gasteiger partial charge in [0, 0.05) is 30.4 Å². The molecule has 0 saturated heterocycles. The van der Waals surface area contributed by atoms with E-state index in [4.69, 9.17) is 33.0 Å². The molecular weight excluding hydrogens is 573 g/mol. The van der Waals surface area contributed by atoms with Crippen molar-refractivity contribution < 1.29 is 24.2 Å². The number of ether oxygens (including phenoxy) is 1. The number of aryl methyl sites for hydroxylation is 2. The van der Waals surface area contributed by atoms with Crippen molar-refractivity contribution in [2.75, 3.05) is 7.05 Å². The topological polar surface area (TPSA) is 83.9 Å². The fraction of sp³-hybridized carbons (Fsp3) is 0.382. The summed E-state index contributed by atoms with van der Waals surface area (Å²) in [4.78, 5) is 39.1. The second-order valence-electron chi connectivity index (χ2n) is 11.8. The number of aliphatic carboxylic acids is 1. The van der Waals surface area contributed by atoms with Crippen molar-refractivity contribution in [1.29, 1.82) is 0 Å². The van der Waals surface area contributed by atoms with Crippen LogP contribution in [0.2, 0.25) is 10.0 Å². The Hall–Kier alpha value is -3.35. The van der Waals surface area contributed by atoms with Crippen molar-refractivity contribution in [3.63, 3.8) is 0 Å². The maximum atomic E-state index is 13.9. The minimum absolute atomic E-state index is 0.0177. The van der Waals surface area contributed by atoms with Crippen LogP contribution in [0.3, 0.4) is 0 Å². The van der Waals surface area contributed by atoms with Crippen molar-refractivity contribution in [3.8, 4) is 5.75 Å². The average molecular weight is 611 g/mol. The Kier molecular flexibility index (Phi) is 9.69. The number of hydrogen-bond donors (Lipinski definition) is 1. The van der Waals surface area contributed by atoms with E-state index in [2.05, 4.69) is 12.1 Å². The molecule has 2 atom stereocenters. The van der Waals surface area contributed by atoms with E-state index in [1.54, 1.807) is 6.07 Å². The molecule has 4 rings (SSSR count). The average Bonchev–Trinajstić information content (AvgIpc) is 2.91. The normalized spacial score (nSPS) is 16.5. The number of carbonyl (C=O) groups is 3. The summed E-state index contributed by atoms with van der Waals surface area (Å²) in [5.41, 5.74) is 5.32. The monoisotopic (exact) mass is 609 g/mol. The predicted octanol–water partition coefficient (Wildman–Crippen LogP) is 8.17. The second kappa shape index (κ2) is 12.9. The summed E-state index contributed by atoms with van der Waals surface area (Å²) in [6.45, 7) is 7.79. The van der Waals surface area contributed by atoms with Crippen molar-refractivity contribution in [2.45, 2.75) is 77.2 Å². The number of hydrogen-bond acceptors (Lipinski definition) is 4. The van der Waals surface area contributed by atoms with E-state index in [1.165, 1.54) is 5.56 Å². The lowest BCUT2D eigenvalue weighted by molar-refractivity contribution is -0.142. The lowest BCUT2D eigenvalue weighted by Gasteiger charge is -2.38. The number of benzene rings is 3. The molecule has 0 saturated carbocycles. The molecule has 8 heteroatoms. The van der Waals surface area contributed by atoms with E-state index in [9.17, 15) is 14.4 Å². The smallest absolute Gasteiger partial charge is 0.311 e. The number of carboxylic acids is 1. The summed E-state index contributed by atoms with van der Waals surface area (Å²) in [6.07, 6.45) is 1.31. The first-order chi connectivity index (χ1) is 19.8. The Morgan fingerprint density at radius 3 is 2.31 bits per heavy atom. The highest BCUT2D eigenvalue weighted by Crippen LogP contribution is 2.45. The van der Waals surface area contributed by atoms with Crippen LogP contribution in [0.1, 0.15) is 91.3 Å². The van der Waals surface area contributed by atoms with E-state index in [-0.39, 0.29) is 37.1 Å². The zero-order valence-corrected chi connectivity index (χ0v) is 26.2. The van der Waals surface area contributed by atoms with Gasteiger partial charge in [-0.15, -0.1) is 0 Å². The summed E-state index contributed by atoms with van der Waals surface area (Å²) in [7, 11) is 1.86. The Morgan fingerprint density at radius 1 is 0.952 bits per heavy atom. The minimum Gasteiger partial charge on any atom is -0.481 e. The van der Waals surface area contributed by atoms with Gasteiger partial charge < -0.3 is 14.7 Å².